The number of fused-ring (bicyclic) bond motifs is 2. The summed E-state index contributed by atoms with van der Waals surface area (Å²) in [5, 5.41) is 6.32. The average Bonchev–Trinajstić information content (AvgIpc) is 3.37. The molecule has 0 amide bonds. The lowest BCUT2D eigenvalue weighted by atomic mass is 9.94. The van der Waals surface area contributed by atoms with Gasteiger partial charge in [-0.1, -0.05) is 23.7 Å². The van der Waals surface area contributed by atoms with E-state index in [2.05, 4.69) is 56.5 Å². The molecule has 1 aliphatic heterocycles. The van der Waals surface area contributed by atoms with Gasteiger partial charge in [0.05, 0.1) is 11.4 Å². The Labute approximate surface area is 215 Å². The number of nitrogens with zero attached hydrogens (tertiary/aromatic N) is 5. The number of hydrogen-bond donors (Lipinski definition) is 1. The molecule has 0 radical (unpaired) electrons. The van der Waals surface area contributed by atoms with E-state index in [0.717, 1.165) is 57.0 Å². The van der Waals surface area contributed by atoms with Crippen LogP contribution in [0.4, 0.5) is 17.2 Å². The number of halogens is 1. The lowest BCUT2D eigenvalue weighted by Crippen LogP contribution is -2.02. The fraction of sp³-hybridized carbons (Fsp3) is 0.103. The maximum atomic E-state index is 6.05. The molecule has 1 N–H and O–H groups in total. The predicted molar refractivity (Wildman–Crippen MR) is 148 cm³/mol. The van der Waals surface area contributed by atoms with Crippen molar-refractivity contribution in [2.24, 2.45) is 4.99 Å². The van der Waals surface area contributed by atoms with Crippen molar-refractivity contribution in [1.29, 1.82) is 0 Å². The van der Waals surface area contributed by atoms with Crippen LogP contribution in [0.3, 0.4) is 0 Å². The van der Waals surface area contributed by atoms with Gasteiger partial charge in [0.1, 0.15) is 23.5 Å². The van der Waals surface area contributed by atoms with Crippen molar-refractivity contribution in [1.82, 2.24) is 19.9 Å². The smallest absolute Gasteiger partial charge is 0.138 e. The van der Waals surface area contributed by atoms with Gasteiger partial charge in [-0.15, -0.1) is 0 Å². The van der Waals surface area contributed by atoms with Crippen molar-refractivity contribution in [3.8, 4) is 11.3 Å². The second kappa shape index (κ2) is 9.84. The number of nitrogens with one attached hydrogen (secondary N) is 1. The molecule has 36 heavy (non-hydrogen) atoms. The zero-order valence-electron chi connectivity index (χ0n) is 20.0. The molecule has 0 spiro atoms. The van der Waals surface area contributed by atoms with Crippen molar-refractivity contribution in [2.45, 2.75) is 19.8 Å². The van der Waals surface area contributed by atoms with Crippen LogP contribution in [0.25, 0.3) is 22.0 Å². The molecule has 3 aromatic heterocycles. The number of benzene rings is 2. The van der Waals surface area contributed by atoms with E-state index in [0.29, 0.717) is 11.4 Å². The van der Waals surface area contributed by atoms with E-state index in [1.54, 1.807) is 6.33 Å². The number of hydrogen-bond acceptors (Lipinski definition) is 6. The summed E-state index contributed by atoms with van der Waals surface area (Å²) < 4.78 is 0. The molecular weight excluding hydrogens is 468 g/mol. The molecule has 0 unspecified atom stereocenters. The van der Waals surface area contributed by atoms with Crippen LogP contribution in [0.5, 0.6) is 0 Å². The number of pyridine rings is 2. The van der Waals surface area contributed by atoms with Crippen LogP contribution >= 0.6 is 11.6 Å². The van der Waals surface area contributed by atoms with Crippen LogP contribution < -0.4 is 5.32 Å². The SMILES string of the molecule is Cc1ccc2c(Nc3ccc(Cl)cc3)nccc2c1Cc1ncccc1-c1ncnc2c1N=CC2.[CH3-]. The minimum Gasteiger partial charge on any atom is -0.358 e. The summed E-state index contributed by atoms with van der Waals surface area (Å²) in [5.74, 6) is 0.801. The Morgan fingerprint density at radius 2 is 1.75 bits per heavy atom. The molecular formula is C29H24ClN6-. The normalized spacial score (nSPS) is 11.8. The number of aryl methyl sites for hydroxylation is 1. The number of rotatable bonds is 5. The molecule has 4 heterocycles. The van der Waals surface area contributed by atoms with Crippen molar-refractivity contribution < 1.29 is 0 Å². The van der Waals surface area contributed by atoms with Gasteiger partial charge in [0, 0.05) is 53.1 Å². The first-order chi connectivity index (χ1) is 17.2. The minimum absolute atomic E-state index is 0. The van der Waals surface area contributed by atoms with Crippen molar-refractivity contribution in [3.05, 3.63) is 108 Å². The second-order valence-corrected chi connectivity index (χ2v) is 8.89. The zero-order chi connectivity index (χ0) is 23.8. The summed E-state index contributed by atoms with van der Waals surface area (Å²) in [4.78, 5) is 22.9. The summed E-state index contributed by atoms with van der Waals surface area (Å²) in [6.45, 7) is 2.14. The molecule has 178 valence electrons. The highest BCUT2D eigenvalue weighted by atomic mass is 35.5. The highest BCUT2D eigenvalue weighted by molar-refractivity contribution is 6.30. The van der Waals surface area contributed by atoms with Gasteiger partial charge in [0.2, 0.25) is 0 Å². The largest absolute Gasteiger partial charge is 0.358 e. The van der Waals surface area contributed by atoms with Gasteiger partial charge < -0.3 is 12.7 Å². The Hall–Kier alpha value is -4.16. The van der Waals surface area contributed by atoms with Crippen LogP contribution in [0.1, 0.15) is 22.5 Å². The highest BCUT2D eigenvalue weighted by Gasteiger charge is 2.19. The third-order valence-electron chi connectivity index (χ3n) is 6.29. The fourth-order valence-electron chi connectivity index (χ4n) is 4.51. The maximum Gasteiger partial charge on any atom is 0.138 e. The molecule has 1 aliphatic rings. The summed E-state index contributed by atoms with van der Waals surface area (Å²) in [5.41, 5.74) is 7.90. The first-order valence-corrected chi connectivity index (χ1v) is 11.8. The maximum absolute atomic E-state index is 6.05. The van der Waals surface area contributed by atoms with Gasteiger partial charge in [-0.25, -0.2) is 15.0 Å². The Morgan fingerprint density at radius 1 is 0.889 bits per heavy atom. The molecule has 0 bridgehead atoms. The van der Waals surface area contributed by atoms with E-state index in [-0.39, 0.29) is 7.43 Å². The van der Waals surface area contributed by atoms with Crippen LogP contribution in [-0.4, -0.2) is 26.2 Å². The van der Waals surface area contributed by atoms with Gasteiger partial charge in [-0.2, -0.15) is 0 Å². The Bertz CT molecular complexity index is 1590. The summed E-state index contributed by atoms with van der Waals surface area (Å²) in [6, 6.07) is 17.9. The van der Waals surface area contributed by atoms with Crippen molar-refractivity contribution >= 4 is 45.8 Å². The summed E-state index contributed by atoms with van der Waals surface area (Å²) in [6.07, 6.45) is 8.57. The fourth-order valence-corrected chi connectivity index (χ4v) is 4.64. The topological polar surface area (TPSA) is 76.0 Å². The monoisotopic (exact) mass is 491 g/mol. The molecule has 0 aliphatic carbocycles. The van der Waals surface area contributed by atoms with Crippen LogP contribution in [0.15, 0.2) is 78.3 Å². The predicted octanol–water partition coefficient (Wildman–Crippen LogP) is 7.09. The standard InChI is InChI=1S/C28H21ClN6.CH3/c1-17-4-9-21-20(10-13-32-28(21)35-19-7-5-18(29)6-8-19)23(17)15-25-22(3-2-12-30-25)26-27-24(11-14-31-27)33-16-34-26;/h2-10,12-14,16H,11,15H2,1H3,(H,32,35);1H3/q;-1. The van der Waals surface area contributed by atoms with Gasteiger partial charge in [0.25, 0.3) is 0 Å². The van der Waals surface area contributed by atoms with E-state index in [4.69, 9.17) is 16.6 Å². The van der Waals surface area contributed by atoms with Crippen molar-refractivity contribution in [3.63, 3.8) is 0 Å². The molecule has 6 nitrogen and oxygen atoms in total. The molecule has 5 aromatic rings. The third kappa shape index (κ3) is 4.32. The van der Waals surface area contributed by atoms with E-state index >= 15 is 0 Å². The average molecular weight is 492 g/mol. The first kappa shape index (κ1) is 23.6. The molecule has 0 atom stereocenters. The quantitative estimate of drug-likeness (QED) is 0.265. The number of anilines is 2. The van der Waals surface area contributed by atoms with E-state index in [1.165, 1.54) is 11.1 Å². The lowest BCUT2D eigenvalue weighted by molar-refractivity contribution is 1.05. The Kier molecular flexibility index (Phi) is 6.44. The van der Waals surface area contributed by atoms with Gasteiger partial charge >= 0.3 is 0 Å². The molecule has 0 saturated heterocycles. The first-order valence-electron chi connectivity index (χ1n) is 11.4. The molecule has 6 rings (SSSR count). The molecule has 7 heteroatoms. The third-order valence-corrected chi connectivity index (χ3v) is 6.54. The highest BCUT2D eigenvalue weighted by Crippen LogP contribution is 2.36. The van der Waals surface area contributed by atoms with Gasteiger partial charge in [-0.05, 0) is 65.9 Å². The number of aliphatic imine (C=N–C) groups is 1. The summed E-state index contributed by atoms with van der Waals surface area (Å²) >= 11 is 6.05. The second-order valence-electron chi connectivity index (χ2n) is 8.46. The Morgan fingerprint density at radius 3 is 2.61 bits per heavy atom. The van der Waals surface area contributed by atoms with E-state index < -0.39 is 0 Å². The minimum atomic E-state index is 0. The molecule has 0 fully saturated rings. The van der Waals surface area contributed by atoms with Crippen LogP contribution in [0, 0.1) is 14.4 Å². The van der Waals surface area contributed by atoms with E-state index in [9.17, 15) is 0 Å². The molecule has 0 saturated carbocycles. The van der Waals surface area contributed by atoms with Crippen molar-refractivity contribution in [2.75, 3.05) is 5.32 Å². The van der Waals surface area contributed by atoms with Crippen LogP contribution in [0.2, 0.25) is 5.02 Å². The Balaban J connectivity index is 0.00000267. The van der Waals surface area contributed by atoms with Gasteiger partial charge in [-0.3, -0.25) is 9.98 Å². The molecule has 2 aromatic carbocycles. The lowest BCUT2D eigenvalue weighted by Gasteiger charge is -2.15. The number of aromatic nitrogens is 4. The van der Waals surface area contributed by atoms with Crippen LogP contribution in [-0.2, 0) is 12.8 Å². The van der Waals surface area contributed by atoms with Gasteiger partial charge in [0.15, 0.2) is 0 Å². The summed E-state index contributed by atoms with van der Waals surface area (Å²) in [7, 11) is 0. The zero-order valence-corrected chi connectivity index (χ0v) is 20.8. The van der Waals surface area contributed by atoms with E-state index in [1.807, 2.05) is 48.9 Å².